The Morgan fingerprint density at radius 2 is 2.33 bits per heavy atom. The first kappa shape index (κ1) is 12.6. The highest BCUT2D eigenvalue weighted by Gasteiger charge is 2.38. The summed E-state index contributed by atoms with van der Waals surface area (Å²) in [6.07, 6.45) is 3.37. The van der Waals surface area contributed by atoms with E-state index in [0.29, 0.717) is 17.7 Å². The van der Waals surface area contributed by atoms with Gasteiger partial charge in [0.1, 0.15) is 0 Å². The number of anilines is 1. The zero-order valence-corrected chi connectivity index (χ0v) is 10.4. The minimum atomic E-state index is -0.267. The molecule has 0 aliphatic heterocycles. The van der Waals surface area contributed by atoms with E-state index in [4.69, 9.17) is 10.00 Å². The number of nitriles is 1. The van der Waals surface area contributed by atoms with Crippen molar-refractivity contribution in [2.45, 2.75) is 31.3 Å². The average Bonchev–Trinajstić information content (AvgIpc) is 2.34. The van der Waals surface area contributed by atoms with Crippen LogP contribution >= 0.6 is 0 Å². The summed E-state index contributed by atoms with van der Waals surface area (Å²) in [5.74, 6) is -0.0633. The lowest BCUT2D eigenvalue weighted by atomic mass is 9.77. The van der Waals surface area contributed by atoms with Gasteiger partial charge < -0.3 is 10.1 Å². The smallest absolute Gasteiger partial charge is 0.227 e. The first-order valence-electron chi connectivity index (χ1n) is 6.03. The molecule has 0 bridgehead atoms. The molecule has 2 rings (SSSR count). The van der Waals surface area contributed by atoms with Crippen molar-refractivity contribution in [2.75, 3.05) is 12.4 Å². The fourth-order valence-corrected chi connectivity index (χ4v) is 2.19. The van der Waals surface area contributed by atoms with Crippen LogP contribution in [0.2, 0.25) is 0 Å². The molecular formula is C14H16N2O2. The van der Waals surface area contributed by atoms with Gasteiger partial charge in [-0.1, -0.05) is 6.07 Å². The van der Waals surface area contributed by atoms with Gasteiger partial charge in [-0.2, -0.15) is 5.26 Å². The lowest BCUT2D eigenvalue weighted by Crippen LogP contribution is -2.42. The molecule has 0 heterocycles. The Bertz CT molecular complexity index is 481. The number of amides is 1. The number of nitrogens with zero attached hydrogens (tertiary/aromatic N) is 1. The maximum absolute atomic E-state index is 11.9. The topological polar surface area (TPSA) is 62.1 Å². The van der Waals surface area contributed by atoms with Crippen molar-refractivity contribution in [3.63, 3.8) is 0 Å². The Labute approximate surface area is 107 Å². The van der Waals surface area contributed by atoms with E-state index >= 15 is 0 Å². The lowest BCUT2D eigenvalue weighted by molar-refractivity contribution is -0.129. The van der Waals surface area contributed by atoms with Gasteiger partial charge in [-0.3, -0.25) is 4.79 Å². The van der Waals surface area contributed by atoms with Crippen molar-refractivity contribution >= 4 is 11.6 Å². The van der Waals surface area contributed by atoms with Crippen LogP contribution in [0.3, 0.4) is 0 Å². The van der Waals surface area contributed by atoms with Gasteiger partial charge in [0, 0.05) is 12.8 Å². The summed E-state index contributed by atoms with van der Waals surface area (Å²) >= 11 is 0. The number of nitrogens with one attached hydrogen (secondary N) is 1. The third kappa shape index (κ3) is 2.69. The average molecular weight is 244 g/mol. The van der Waals surface area contributed by atoms with Crippen LogP contribution in [0.4, 0.5) is 5.69 Å². The van der Waals surface area contributed by atoms with Gasteiger partial charge in [-0.25, -0.2) is 0 Å². The first-order valence-corrected chi connectivity index (χ1v) is 6.03. The molecule has 0 unspecified atom stereocenters. The van der Waals surface area contributed by atoms with Crippen molar-refractivity contribution in [2.24, 2.45) is 0 Å². The third-order valence-corrected chi connectivity index (χ3v) is 3.46. The van der Waals surface area contributed by atoms with E-state index in [-0.39, 0.29) is 11.5 Å². The Morgan fingerprint density at radius 3 is 2.89 bits per heavy atom. The summed E-state index contributed by atoms with van der Waals surface area (Å²) in [4.78, 5) is 11.9. The highest BCUT2D eigenvalue weighted by Crippen LogP contribution is 2.38. The number of hydrogen-bond acceptors (Lipinski definition) is 3. The van der Waals surface area contributed by atoms with Gasteiger partial charge >= 0.3 is 0 Å². The Hall–Kier alpha value is -1.86. The number of methoxy groups -OCH3 is 1. The van der Waals surface area contributed by atoms with E-state index in [0.717, 1.165) is 19.3 Å². The van der Waals surface area contributed by atoms with E-state index in [1.165, 1.54) is 0 Å². The molecule has 94 valence electrons. The molecule has 0 spiro atoms. The number of benzene rings is 1. The second-order valence-corrected chi connectivity index (χ2v) is 4.66. The van der Waals surface area contributed by atoms with Crippen LogP contribution < -0.4 is 5.32 Å². The second kappa shape index (κ2) is 5.19. The maximum Gasteiger partial charge on any atom is 0.227 e. The molecule has 1 N–H and O–H groups in total. The molecule has 1 aliphatic carbocycles. The zero-order chi connectivity index (χ0) is 13.0. The molecule has 1 aromatic rings. The summed E-state index contributed by atoms with van der Waals surface area (Å²) in [7, 11) is 1.66. The second-order valence-electron chi connectivity index (χ2n) is 4.66. The van der Waals surface area contributed by atoms with E-state index in [1.54, 1.807) is 31.4 Å². The van der Waals surface area contributed by atoms with E-state index in [1.807, 2.05) is 6.07 Å². The monoisotopic (exact) mass is 244 g/mol. The normalized spacial score (nSPS) is 16.4. The van der Waals surface area contributed by atoms with Gasteiger partial charge in [0.05, 0.1) is 23.7 Å². The molecule has 0 aromatic heterocycles. The number of carbonyl (C=O) groups is 1. The minimum Gasteiger partial charge on any atom is -0.378 e. The van der Waals surface area contributed by atoms with Crippen LogP contribution in [-0.4, -0.2) is 18.6 Å². The summed E-state index contributed by atoms with van der Waals surface area (Å²) in [5, 5.41) is 11.6. The van der Waals surface area contributed by atoms with Crippen LogP contribution in [0.25, 0.3) is 0 Å². The molecular weight excluding hydrogens is 228 g/mol. The Balaban J connectivity index is 1.97. The Kier molecular flexibility index (Phi) is 3.63. The fourth-order valence-electron chi connectivity index (χ4n) is 2.19. The van der Waals surface area contributed by atoms with Crippen molar-refractivity contribution in [1.29, 1.82) is 5.26 Å². The van der Waals surface area contributed by atoms with Crippen molar-refractivity contribution in [1.82, 2.24) is 0 Å². The van der Waals surface area contributed by atoms with E-state index in [9.17, 15) is 4.79 Å². The number of ether oxygens (including phenoxy) is 1. The number of carbonyl (C=O) groups excluding carboxylic acids is 1. The third-order valence-electron chi connectivity index (χ3n) is 3.46. The molecule has 1 saturated carbocycles. The highest BCUT2D eigenvalue weighted by atomic mass is 16.5. The summed E-state index contributed by atoms with van der Waals surface area (Å²) < 4.78 is 5.41. The van der Waals surface area contributed by atoms with Gasteiger partial charge in [-0.05, 0) is 37.5 Å². The molecule has 4 heteroatoms. The number of rotatable bonds is 4. The lowest BCUT2D eigenvalue weighted by Gasteiger charge is -2.39. The molecule has 1 aliphatic rings. The maximum atomic E-state index is 11.9. The number of hydrogen-bond donors (Lipinski definition) is 1. The highest BCUT2D eigenvalue weighted by molar-refractivity contribution is 5.91. The molecule has 1 fully saturated rings. The van der Waals surface area contributed by atoms with E-state index in [2.05, 4.69) is 5.32 Å². The predicted molar refractivity (Wildman–Crippen MR) is 68.0 cm³/mol. The molecule has 18 heavy (non-hydrogen) atoms. The van der Waals surface area contributed by atoms with Gasteiger partial charge in [0.2, 0.25) is 5.91 Å². The fraction of sp³-hybridized carbons (Fsp3) is 0.429. The van der Waals surface area contributed by atoms with Crippen LogP contribution in [0, 0.1) is 11.3 Å². The molecule has 4 nitrogen and oxygen atoms in total. The van der Waals surface area contributed by atoms with Crippen LogP contribution in [0.5, 0.6) is 0 Å². The largest absolute Gasteiger partial charge is 0.378 e. The van der Waals surface area contributed by atoms with Crippen molar-refractivity contribution < 1.29 is 9.53 Å². The molecule has 0 saturated heterocycles. The van der Waals surface area contributed by atoms with E-state index < -0.39 is 0 Å². The zero-order valence-electron chi connectivity index (χ0n) is 10.4. The van der Waals surface area contributed by atoms with Gasteiger partial charge in [0.15, 0.2) is 0 Å². The Morgan fingerprint density at radius 1 is 1.56 bits per heavy atom. The quantitative estimate of drug-likeness (QED) is 0.884. The van der Waals surface area contributed by atoms with Gasteiger partial charge in [0.25, 0.3) is 0 Å². The van der Waals surface area contributed by atoms with Crippen molar-refractivity contribution in [3.05, 3.63) is 29.8 Å². The minimum absolute atomic E-state index is 0.0633. The summed E-state index contributed by atoms with van der Waals surface area (Å²) in [6.45, 7) is 0. The molecule has 1 amide bonds. The van der Waals surface area contributed by atoms with Crippen LogP contribution in [-0.2, 0) is 9.53 Å². The molecule has 0 radical (unpaired) electrons. The predicted octanol–water partition coefficient (Wildman–Crippen LogP) is 2.46. The first-order chi connectivity index (χ1) is 8.67. The molecule has 0 atom stereocenters. The molecule has 1 aromatic carbocycles. The van der Waals surface area contributed by atoms with Crippen LogP contribution in [0.15, 0.2) is 24.3 Å². The summed E-state index contributed by atoms with van der Waals surface area (Å²) in [5.41, 5.74) is 0.930. The SMILES string of the molecule is COC1(CC(=O)Nc2cccc(C#N)c2)CCC1. The summed E-state index contributed by atoms with van der Waals surface area (Å²) in [6, 6.07) is 8.95. The van der Waals surface area contributed by atoms with Gasteiger partial charge in [-0.15, -0.1) is 0 Å². The van der Waals surface area contributed by atoms with Crippen molar-refractivity contribution in [3.8, 4) is 6.07 Å². The van der Waals surface area contributed by atoms with Crippen LogP contribution in [0.1, 0.15) is 31.2 Å². The standard InChI is InChI=1S/C14H16N2O2/c1-18-14(6-3-7-14)9-13(17)16-12-5-2-4-11(8-12)10-15/h2,4-5,8H,3,6-7,9H2,1H3,(H,16,17).